The lowest BCUT2D eigenvalue weighted by Crippen LogP contribution is -2.30. The van der Waals surface area contributed by atoms with Gasteiger partial charge in [-0.25, -0.2) is 16.8 Å². The van der Waals surface area contributed by atoms with Crippen LogP contribution in [0.15, 0.2) is 57.1 Å². The number of nitrogens with zero attached hydrogens (tertiary/aromatic N) is 2. The van der Waals surface area contributed by atoms with Crippen LogP contribution in [0.1, 0.15) is 20.8 Å². The van der Waals surface area contributed by atoms with E-state index in [1.807, 2.05) is 6.92 Å². The molecule has 0 spiro atoms. The number of aryl methyl sites for hydroxylation is 1. The van der Waals surface area contributed by atoms with Crippen molar-refractivity contribution >= 4 is 47.3 Å². The third kappa shape index (κ3) is 4.15. The van der Waals surface area contributed by atoms with Crippen molar-refractivity contribution in [2.24, 2.45) is 0 Å². The Hall–Kier alpha value is -2.21. The summed E-state index contributed by atoms with van der Waals surface area (Å²) in [6.07, 6.45) is 0. The van der Waals surface area contributed by atoms with Gasteiger partial charge in [0.05, 0.1) is 20.0 Å². The zero-order valence-electron chi connectivity index (χ0n) is 16.8. The SMILES string of the molecule is CCN(CC)S(=O)(=O)c1ccc(NS(=O)(=O)c2ccc3c(c2)sc(=O)n3CC)cc1. The zero-order valence-corrected chi connectivity index (χ0v) is 19.3. The minimum atomic E-state index is -3.90. The number of benzene rings is 2. The fourth-order valence-corrected chi connectivity index (χ4v) is 6.75. The highest BCUT2D eigenvalue weighted by Gasteiger charge is 2.22. The molecule has 0 amide bonds. The number of hydrogen-bond acceptors (Lipinski definition) is 6. The third-order valence-corrected chi connectivity index (χ3v) is 9.10. The van der Waals surface area contributed by atoms with Gasteiger partial charge >= 0.3 is 4.87 Å². The molecule has 1 heterocycles. The maximum Gasteiger partial charge on any atom is 0.308 e. The molecule has 30 heavy (non-hydrogen) atoms. The summed E-state index contributed by atoms with van der Waals surface area (Å²) < 4.78 is 56.6. The lowest BCUT2D eigenvalue weighted by atomic mass is 10.3. The molecule has 0 aliphatic carbocycles. The maximum atomic E-state index is 12.8. The molecule has 0 saturated carbocycles. The molecular formula is C19H23N3O5S3. The number of thiazole rings is 1. The molecule has 0 saturated heterocycles. The van der Waals surface area contributed by atoms with Gasteiger partial charge in [0.2, 0.25) is 10.0 Å². The molecule has 1 N–H and O–H groups in total. The number of anilines is 1. The summed E-state index contributed by atoms with van der Waals surface area (Å²) in [4.78, 5) is 12.0. The largest absolute Gasteiger partial charge is 0.308 e. The molecule has 0 atom stereocenters. The minimum Gasteiger partial charge on any atom is -0.299 e. The summed E-state index contributed by atoms with van der Waals surface area (Å²) in [6.45, 7) is 6.57. The lowest BCUT2D eigenvalue weighted by molar-refractivity contribution is 0.445. The van der Waals surface area contributed by atoms with E-state index >= 15 is 0 Å². The summed E-state index contributed by atoms with van der Waals surface area (Å²) >= 11 is 0.995. The summed E-state index contributed by atoms with van der Waals surface area (Å²) in [5, 5.41) is 0. The second-order valence-corrected chi connectivity index (χ2v) is 11.1. The average Bonchev–Trinajstić information content (AvgIpc) is 3.02. The molecule has 0 fully saturated rings. The molecule has 3 rings (SSSR count). The monoisotopic (exact) mass is 469 g/mol. The number of aromatic nitrogens is 1. The third-order valence-electron chi connectivity index (χ3n) is 4.72. The Kier molecular flexibility index (Phi) is 6.37. The zero-order chi connectivity index (χ0) is 22.1. The van der Waals surface area contributed by atoms with Crippen molar-refractivity contribution in [3.05, 3.63) is 52.1 Å². The molecule has 162 valence electrons. The van der Waals surface area contributed by atoms with Gasteiger partial charge in [0.15, 0.2) is 0 Å². The molecule has 0 aliphatic rings. The molecule has 0 bridgehead atoms. The number of hydrogen-bond donors (Lipinski definition) is 1. The van der Waals surface area contributed by atoms with Crippen LogP contribution in [-0.4, -0.2) is 38.8 Å². The highest BCUT2D eigenvalue weighted by molar-refractivity contribution is 7.92. The van der Waals surface area contributed by atoms with Gasteiger partial charge < -0.3 is 0 Å². The van der Waals surface area contributed by atoms with E-state index in [0.717, 1.165) is 11.3 Å². The Morgan fingerprint density at radius 1 is 0.933 bits per heavy atom. The van der Waals surface area contributed by atoms with E-state index in [2.05, 4.69) is 4.72 Å². The first-order valence-corrected chi connectivity index (χ1v) is 13.1. The molecular weight excluding hydrogens is 446 g/mol. The highest BCUT2D eigenvalue weighted by atomic mass is 32.2. The Bertz CT molecular complexity index is 1320. The first-order valence-electron chi connectivity index (χ1n) is 9.40. The predicted octanol–water partition coefficient (Wildman–Crippen LogP) is 2.91. The predicted molar refractivity (Wildman–Crippen MR) is 119 cm³/mol. The average molecular weight is 470 g/mol. The Morgan fingerprint density at radius 3 is 2.10 bits per heavy atom. The molecule has 0 radical (unpaired) electrons. The Morgan fingerprint density at radius 2 is 1.53 bits per heavy atom. The van der Waals surface area contributed by atoms with Gasteiger partial charge in [-0.15, -0.1) is 0 Å². The second kappa shape index (κ2) is 8.50. The summed E-state index contributed by atoms with van der Waals surface area (Å²) in [5.74, 6) is 0. The van der Waals surface area contributed by atoms with Crippen LogP contribution >= 0.6 is 11.3 Å². The number of rotatable bonds is 8. The van der Waals surface area contributed by atoms with Crippen LogP contribution in [0.3, 0.4) is 0 Å². The smallest absolute Gasteiger partial charge is 0.299 e. The van der Waals surface area contributed by atoms with Crippen molar-refractivity contribution in [3.8, 4) is 0 Å². The van der Waals surface area contributed by atoms with Crippen LogP contribution in [0.2, 0.25) is 0 Å². The van der Waals surface area contributed by atoms with Gasteiger partial charge in [-0.1, -0.05) is 25.2 Å². The topological polar surface area (TPSA) is 106 Å². The fraction of sp³-hybridized carbons (Fsp3) is 0.316. The van der Waals surface area contributed by atoms with E-state index in [1.165, 1.54) is 40.7 Å². The lowest BCUT2D eigenvalue weighted by Gasteiger charge is -2.18. The van der Waals surface area contributed by atoms with Crippen LogP contribution in [0, 0.1) is 0 Å². The van der Waals surface area contributed by atoms with Crippen LogP contribution < -0.4 is 9.60 Å². The molecule has 3 aromatic rings. The van der Waals surface area contributed by atoms with Crippen molar-refractivity contribution in [3.63, 3.8) is 0 Å². The van der Waals surface area contributed by atoms with Crippen molar-refractivity contribution < 1.29 is 16.8 Å². The highest BCUT2D eigenvalue weighted by Crippen LogP contribution is 2.24. The van der Waals surface area contributed by atoms with Crippen LogP contribution in [0.25, 0.3) is 10.2 Å². The van der Waals surface area contributed by atoms with Gasteiger partial charge in [-0.05, 0) is 49.4 Å². The van der Waals surface area contributed by atoms with E-state index < -0.39 is 20.0 Å². The van der Waals surface area contributed by atoms with Crippen molar-refractivity contribution in [1.82, 2.24) is 8.87 Å². The van der Waals surface area contributed by atoms with E-state index in [9.17, 15) is 21.6 Å². The molecule has 11 heteroatoms. The van der Waals surface area contributed by atoms with Gasteiger partial charge in [0.25, 0.3) is 10.0 Å². The second-order valence-electron chi connectivity index (χ2n) is 6.46. The Labute approximate surface area is 179 Å². The fourth-order valence-electron chi connectivity index (χ4n) is 3.13. The number of fused-ring (bicyclic) bond motifs is 1. The van der Waals surface area contributed by atoms with Crippen LogP contribution in [0.5, 0.6) is 0 Å². The standard InChI is InChI=1S/C19H23N3O5S3/c1-4-21(5-2)30(26,27)15-9-7-14(8-10-15)20-29(24,25)16-11-12-17-18(13-16)28-19(23)22(17)6-3/h7-13,20H,4-6H2,1-3H3. The van der Waals surface area contributed by atoms with E-state index in [4.69, 9.17) is 0 Å². The summed E-state index contributed by atoms with van der Waals surface area (Å²) in [5.41, 5.74) is 0.935. The van der Waals surface area contributed by atoms with Gasteiger partial charge in [-0.3, -0.25) is 14.1 Å². The van der Waals surface area contributed by atoms with E-state index in [-0.39, 0.29) is 20.4 Å². The van der Waals surface area contributed by atoms with Crippen molar-refractivity contribution in [2.45, 2.75) is 37.1 Å². The number of nitrogens with one attached hydrogen (secondary N) is 1. The molecule has 1 aromatic heterocycles. The normalized spacial score (nSPS) is 12.5. The molecule has 8 nitrogen and oxygen atoms in total. The van der Waals surface area contributed by atoms with Crippen LogP contribution in [-0.2, 0) is 26.6 Å². The van der Waals surface area contributed by atoms with Gasteiger partial charge in [-0.2, -0.15) is 4.31 Å². The Balaban J connectivity index is 1.89. The molecule has 0 aliphatic heterocycles. The van der Waals surface area contributed by atoms with Gasteiger partial charge in [0, 0.05) is 25.3 Å². The minimum absolute atomic E-state index is 0.0272. The molecule has 2 aromatic carbocycles. The quantitative estimate of drug-likeness (QED) is 0.546. The molecule has 0 unspecified atom stereocenters. The van der Waals surface area contributed by atoms with E-state index in [0.29, 0.717) is 29.9 Å². The maximum absolute atomic E-state index is 12.8. The van der Waals surface area contributed by atoms with Crippen molar-refractivity contribution in [1.29, 1.82) is 0 Å². The van der Waals surface area contributed by atoms with Gasteiger partial charge in [0.1, 0.15) is 0 Å². The van der Waals surface area contributed by atoms with E-state index in [1.54, 1.807) is 24.5 Å². The van der Waals surface area contributed by atoms with Crippen molar-refractivity contribution in [2.75, 3.05) is 17.8 Å². The summed E-state index contributed by atoms with van der Waals surface area (Å²) in [6, 6.07) is 10.1. The first-order chi connectivity index (χ1) is 14.1. The summed E-state index contributed by atoms with van der Waals surface area (Å²) in [7, 11) is -7.52. The number of sulfonamides is 2. The first kappa shape index (κ1) is 22.5. The van der Waals surface area contributed by atoms with Crippen LogP contribution in [0.4, 0.5) is 5.69 Å².